The molecule has 0 radical (unpaired) electrons. The fourth-order valence-corrected chi connectivity index (χ4v) is 3.23. The molecule has 0 bridgehead atoms. The molecule has 2 aliphatic heterocycles. The molecule has 2 saturated heterocycles. The van der Waals surface area contributed by atoms with Crippen LogP contribution < -0.4 is 10.6 Å². The monoisotopic (exact) mass is 462 g/mol. The van der Waals surface area contributed by atoms with Crippen LogP contribution in [0.25, 0.3) is 0 Å². The summed E-state index contributed by atoms with van der Waals surface area (Å²) in [7, 11) is 0. The molecule has 2 rings (SSSR count). The maximum absolute atomic E-state index is 11.5. The van der Waals surface area contributed by atoms with E-state index in [1.54, 1.807) is 0 Å². The van der Waals surface area contributed by atoms with E-state index in [2.05, 4.69) is 10.6 Å². The molecule has 2 fully saturated rings. The van der Waals surface area contributed by atoms with Gasteiger partial charge in [-0.1, -0.05) is 0 Å². The second-order valence-electron chi connectivity index (χ2n) is 10.1. The maximum atomic E-state index is 11.5. The van der Waals surface area contributed by atoms with Crippen LogP contribution in [0.5, 0.6) is 0 Å². The van der Waals surface area contributed by atoms with Crippen molar-refractivity contribution in [2.45, 2.75) is 103 Å². The average Bonchev–Trinajstić information content (AvgIpc) is 2.65. The standard InChI is InChI=1S/2C11H21NO4/c2*1-11(2,3)16-10(14)12-8-4-5-15-9(6-8)7-13/h2*8-9,13H,4-7H2,1-3H3,(H,12,14)/t2*8-,9-/m10/s1. The first-order valence-corrected chi connectivity index (χ1v) is 11.2. The van der Waals surface area contributed by atoms with Gasteiger partial charge in [-0.15, -0.1) is 0 Å². The Bertz CT molecular complexity index is 523. The Morgan fingerprint density at radius 3 is 1.41 bits per heavy atom. The normalized spacial score (nSPS) is 26.2. The van der Waals surface area contributed by atoms with Crippen molar-refractivity contribution in [1.82, 2.24) is 10.6 Å². The molecule has 0 aromatic carbocycles. The molecule has 0 aromatic rings. The number of aliphatic hydroxyl groups is 2. The van der Waals surface area contributed by atoms with Crippen molar-refractivity contribution >= 4 is 12.2 Å². The second-order valence-corrected chi connectivity index (χ2v) is 10.1. The maximum Gasteiger partial charge on any atom is 0.407 e. The van der Waals surface area contributed by atoms with Crippen molar-refractivity contribution in [3.63, 3.8) is 0 Å². The van der Waals surface area contributed by atoms with Crippen LogP contribution in [0.4, 0.5) is 9.59 Å². The van der Waals surface area contributed by atoms with Crippen LogP contribution in [0, 0.1) is 0 Å². The molecule has 4 N–H and O–H groups in total. The number of nitrogens with one attached hydrogen (secondary N) is 2. The number of carbonyl (C=O) groups excluding carboxylic acids is 2. The molecule has 2 aliphatic rings. The van der Waals surface area contributed by atoms with E-state index in [9.17, 15) is 9.59 Å². The highest BCUT2D eigenvalue weighted by Gasteiger charge is 2.26. The van der Waals surface area contributed by atoms with Gasteiger partial charge in [-0.2, -0.15) is 0 Å². The predicted octanol–water partition coefficient (Wildman–Crippen LogP) is 2.10. The van der Waals surface area contributed by atoms with E-state index in [0.717, 1.165) is 12.8 Å². The Hall–Kier alpha value is -1.62. The Labute approximate surface area is 191 Å². The molecule has 0 aliphatic carbocycles. The number of carbonyl (C=O) groups is 2. The van der Waals surface area contributed by atoms with Gasteiger partial charge in [-0.3, -0.25) is 0 Å². The highest BCUT2D eigenvalue weighted by atomic mass is 16.6. The van der Waals surface area contributed by atoms with Crippen LogP contribution in [0.1, 0.15) is 67.2 Å². The topological polar surface area (TPSA) is 136 Å². The highest BCUT2D eigenvalue weighted by molar-refractivity contribution is 5.68. The van der Waals surface area contributed by atoms with Crippen LogP contribution in [0.3, 0.4) is 0 Å². The van der Waals surface area contributed by atoms with Gasteiger partial charge in [0.15, 0.2) is 0 Å². The van der Waals surface area contributed by atoms with E-state index < -0.39 is 23.4 Å². The Kier molecular flexibility index (Phi) is 11.7. The highest BCUT2D eigenvalue weighted by Crippen LogP contribution is 2.16. The summed E-state index contributed by atoms with van der Waals surface area (Å²) in [6, 6.07) is 0.0569. The number of hydrogen-bond donors (Lipinski definition) is 4. The number of hydrogen-bond acceptors (Lipinski definition) is 8. The summed E-state index contributed by atoms with van der Waals surface area (Å²) in [4.78, 5) is 23.0. The first kappa shape index (κ1) is 28.4. The molecule has 10 heteroatoms. The average molecular weight is 463 g/mol. The van der Waals surface area contributed by atoms with Crippen molar-refractivity contribution in [2.24, 2.45) is 0 Å². The van der Waals surface area contributed by atoms with E-state index >= 15 is 0 Å². The van der Waals surface area contributed by atoms with Gasteiger partial charge in [0.2, 0.25) is 0 Å². The van der Waals surface area contributed by atoms with Crippen molar-refractivity contribution < 1.29 is 38.7 Å². The zero-order valence-electron chi connectivity index (χ0n) is 20.3. The number of rotatable bonds is 4. The first-order chi connectivity index (χ1) is 14.8. The third-order valence-electron chi connectivity index (χ3n) is 4.58. The molecule has 0 saturated carbocycles. The Balaban J connectivity index is 0.000000320. The third kappa shape index (κ3) is 13.0. The van der Waals surface area contributed by atoms with Crippen LogP contribution in [-0.2, 0) is 18.9 Å². The van der Waals surface area contributed by atoms with E-state index in [0.29, 0.717) is 26.1 Å². The SMILES string of the molecule is CC(C)(C)OC(=O)N[C@@H]1CCO[C@@H](CO)C1.CC(C)(C)OC(=O)N[C@H]1CCO[C@H](CO)C1. The summed E-state index contributed by atoms with van der Waals surface area (Å²) in [5, 5.41) is 23.5. The van der Waals surface area contributed by atoms with Crippen molar-refractivity contribution in [3.05, 3.63) is 0 Å². The summed E-state index contributed by atoms with van der Waals surface area (Å²) in [5.74, 6) is 0. The molecule has 0 unspecified atom stereocenters. The van der Waals surface area contributed by atoms with Gasteiger partial charge in [0.1, 0.15) is 11.2 Å². The molecular formula is C22H42N2O8. The first-order valence-electron chi connectivity index (χ1n) is 11.2. The van der Waals surface area contributed by atoms with E-state index in [4.69, 9.17) is 29.2 Å². The summed E-state index contributed by atoms with van der Waals surface area (Å²) in [6.07, 6.45) is 1.63. The largest absolute Gasteiger partial charge is 0.444 e. The summed E-state index contributed by atoms with van der Waals surface area (Å²) >= 11 is 0. The molecule has 2 heterocycles. The Morgan fingerprint density at radius 1 is 0.781 bits per heavy atom. The summed E-state index contributed by atoms with van der Waals surface area (Å²) in [5.41, 5.74) is -0.961. The fraction of sp³-hybridized carbons (Fsp3) is 0.909. The minimum atomic E-state index is -0.481. The van der Waals surface area contributed by atoms with Crippen LogP contribution in [0.15, 0.2) is 0 Å². The molecule has 0 spiro atoms. The third-order valence-corrected chi connectivity index (χ3v) is 4.58. The molecule has 4 atom stereocenters. The van der Waals surface area contributed by atoms with Crippen molar-refractivity contribution in [3.8, 4) is 0 Å². The van der Waals surface area contributed by atoms with Crippen LogP contribution in [-0.4, -0.2) is 84.3 Å². The van der Waals surface area contributed by atoms with E-state index in [1.165, 1.54) is 0 Å². The van der Waals surface area contributed by atoms with Gasteiger partial charge in [0.25, 0.3) is 0 Å². The molecule has 0 aromatic heterocycles. The van der Waals surface area contributed by atoms with Crippen LogP contribution in [0.2, 0.25) is 0 Å². The fourth-order valence-electron chi connectivity index (χ4n) is 3.23. The Morgan fingerprint density at radius 2 is 1.12 bits per heavy atom. The predicted molar refractivity (Wildman–Crippen MR) is 118 cm³/mol. The lowest BCUT2D eigenvalue weighted by Crippen LogP contribution is -2.44. The lowest BCUT2D eigenvalue weighted by molar-refractivity contribution is -0.0306. The lowest BCUT2D eigenvalue weighted by atomic mass is 10.0. The number of amides is 2. The zero-order chi connectivity index (χ0) is 24.4. The van der Waals surface area contributed by atoms with Crippen LogP contribution >= 0.6 is 0 Å². The van der Waals surface area contributed by atoms with Gasteiger partial charge < -0.3 is 39.8 Å². The van der Waals surface area contributed by atoms with E-state index in [1.807, 2.05) is 41.5 Å². The number of ether oxygens (including phenoxy) is 4. The molecule has 2 amide bonds. The quantitative estimate of drug-likeness (QED) is 0.499. The van der Waals surface area contributed by atoms with Gasteiger partial charge >= 0.3 is 12.2 Å². The van der Waals surface area contributed by atoms with Gasteiger partial charge in [-0.05, 0) is 67.2 Å². The molecular weight excluding hydrogens is 420 g/mol. The summed E-state index contributed by atoms with van der Waals surface area (Å²) < 4.78 is 20.9. The minimum Gasteiger partial charge on any atom is -0.444 e. The molecule has 32 heavy (non-hydrogen) atoms. The van der Waals surface area contributed by atoms with Gasteiger partial charge in [0, 0.05) is 25.3 Å². The smallest absolute Gasteiger partial charge is 0.407 e. The zero-order valence-corrected chi connectivity index (χ0v) is 20.3. The van der Waals surface area contributed by atoms with Crippen molar-refractivity contribution in [1.29, 1.82) is 0 Å². The lowest BCUT2D eigenvalue weighted by Gasteiger charge is -2.30. The summed E-state index contributed by atoms with van der Waals surface area (Å²) in [6.45, 7) is 12.1. The second kappa shape index (κ2) is 13.2. The van der Waals surface area contributed by atoms with Gasteiger partial charge in [0.05, 0.1) is 25.4 Å². The molecule has 10 nitrogen and oxygen atoms in total. The number of alkyl carbamates (subject to hydrolysis) is 2. The van der Waals surface area contributed by atoms with E-state index in [-0.39, 0.29) is 37.5 Å². The minimum absolute atomic E-state index is 0.00744. The number of aliphatic hydroxyl groups excluding tert-OH is 2. The van der Waals surface area contributed by atoms with Gasteiger partial charge in [-0.25, -0.2) is 9.59 Å². The van der Waals surface area contributed by atoms with Crippen molar-refractivity contribution in [2.75, 3.05) is 26.4 Å². The molecule has 188 valence electrons.